The number of halogens is 8. The van der Waals surface area contributed by atoms with Crippen LogP contribution in [0, 0.1) is 11.6 Å². The van der Waals surface area contributed by atoms with Crippen LogP contribution in [-0.4, -0.2) is 32.0 Å². The van der Waals surface area contributed by atoms with Crippen molar-refractivity contribution in [1.82, 2.24) is 14.7 Å². The molecule has 0 fully saturated rings. The number of alkyl halides is 6. The van der Waals surface area contributed by atoms with Gasteiger partial charge >= 0.3 is 18.3 Å². The van der Waals surface area contributed by atoms with Crippen molar-refractivity contribution in [3.8, 4) is 33.8 Å². The van der Waals surface area contributed by atoms with Crippen LogP contribution in [0.3, 0.4) is 0 Å². The smallest absolute Gasteiger partial charge is 0.475 e. The van der Waals surface area contributed by atoms with Gasteiger partial charge in [-0.15, -0.1) is 0 Å². The number of benzene rings is 2. The summed E-state index contributed by atoms with van der Waals surface area (Å²) in [5.74, 6) is -3.81. The van der Waals surface area contributed by atoms with E-state index in [-0.39, 0.29) is 23.6 Å². The molecule has 0 unspecified atom stereocenters. The molecule has 0 spiro atoms. The van der Waals surface area contributed by atoms with Gasteiger partial charge in [0, 0.05) is 35.2 Å². The molecule has 0 aliphatic carbocycles. The number of hydrogen-bond acceptors (Lipinski definition) is 4. The van der Waals surface area contributed by atoms with Crippen molar-refractivity contribution in [2.45, 2.75) is 18.9 Å². The Balaban J connectivity index is 0.000000470. The van der Waals surface area contributed by atoms with E-state index >= 15 is 0 Å². The highest BCUT2D eigenvalue weighted by Gasteiger charge is 2.38. The van der Waals surface area contributed by atoms with Gasteiger partial charge in [-0.1, -0.05) is 17.3 Å². The second-order valence-corrected chi connectivity index (χ2v) is 8.25. The van der Waals surface area contributed by atoms with E-state index in [1.165, 1.54) is 12.1 Å². The summed E-state index contributed by atoms with van der Waals surface area (Å²) in [5.41, 5.74) is 0.876. The fraction of sp³-hybridized carbons (Fsp3) is 0.115. The molecular weight excluding hydrogens is 554 g/mol. The van der Waals surface area contributed by atoms with Crippen LogP contribution < -0.4 is 0 Å². The number of nitrogens with zero attached hydrogens (tertiary/aromatic N) is 3. The number of hydrogen-bond donors (Lipinski definition) is 1. The SMILES string of the molecule is Fc1ccc(-c2cc(Cn3ccc4nc(-c5ccccc5F)cc-4c3)on2)c(C(F)(F)F)c1.O=C(O)C(F)(F)F. The van der Waals surface area contributed by atoms with Gasteiger partial charge in [0.25, 0.3) is 0 Å². The van der Waals surface area contributed by atoms with Crippen molar-refractivity contribution in [1.29, 1.82) is 0 Å². The van der Waals surface area contributed by atoms with Crippen LogP contribution >= 0.6 is 0 Å². The lowest BCUT2D eigenvalue weighted by molar-refractivity contribution is -0.192. The average Bonchev–Trinajstić information content (AvgIpc) is 3.50. The minimum atomic E-state index is -5.08. The van der Waals surface area contributed by atoms with E-state index in [1.807, 2.05) is 0 Å². The molecule has 208 valence electrons. The Kier molecular flexibility index (Phi) is 7.62. The first-order chi connectivity index (χ1) is 18.7. The van der Waals surface area contributed by atoms with Crippen LogP contribution in [0.25, 0.3) is 33.8 Å². The van der Waals surface area contributed by atoms with Crippen molar-refractivity contribution in [3.05, 3.63) is 96.0 Å². The lowest BCUT2D eigenvalue weighted by atomic mass is 10.0. The second-order valence-electron chi connectivity index (χ2n) is 8.25. The standard InChI is InChI=1S/C24H14F5N3O.C2HF3O2/c25-15-5-6-17(19(10-15)24(27,28)29)23-11-16(33-31-23)13-32-8-7-21-14(12-32)9-22(30-21)18-3-1-2-4-20(18)26;3-2(4,5)1(6)7/h1-12H,13H2;(H,6,7). The molecule has 0 amide bonds. The summed E-state index contributed by atoms with van der Waals surface area (Å²) in [4.78, 5) is 13.3. The van der Waals surface area contributed by atoms with Gasteiger partial charge in [-0.05, 0) is 42.5 Å². The minimum Gasteiger partial charge on any atom is -0.475 e. The van der Waals surface area contributed by atoms with E-state index in [9.17, 15) is 35.1 Å². The molecule has 6 nitrogen and oxygen atoms in total. The Morgan fingerprint density at radius 1 is 0.875 bits per heavy atom. The topological polar surface area (TPSA) is 81.2 Å². The van der Waals surface area contributed by atoms with E-state index < -0.39 is 29.7 Å². The van der Waals surface area contributed by atoms with Gasteiger partial charge in [-0.25, -0.2) is 18.6 Å². The normalized spacial score (nSPS) is 11.8. The molecule has 2 aliphatic heterocycles. The van der Waals surface area contributed by atoms with E-state index in [0.717, 1.165) is 17.7 Å². The molecule has 14 heteroatoms. The molecule has 0 saturated heterocycles. The highest BCUT2D eigenvalue weighted by Crippen LogP contribution is 2.37. The van der Waals surface area contributed by atoms with Crippen LogP contribution in [0.4, 0.5) is 35.1 Å². The van der Waals surface area contributed by atoms with Crippen LogP contribution in [0.1, 0.15) is 11.3 Å². The van der Waals surface area contributed by atoms with Crippen LogP contribution in [0.5, 0.6) is 0 Å². The first kappa shape index (κ1) is 28.3. The van der Waals surface area contributed by atoms with E-state index in [1.54, 1.807) is 47.3 Å². The molecule has 0 radical (unpaired) electrons. The zero-order valence-corrected chi connectivity index (χ0v) is 19.8. The first-order valence-corrected chi connectivity index (χ1v) is 11.1. The summed E-state index contributed by atoms with van der Waals surface area (Å²) in [6, 6.07) is 13.6. The number of carboxylic acids is 1. The fourth-order valence-electron chi connectivity index (χ4n) is 3.65. The average molecular weight is 569 g/mol. The third kappa shape index (κ3) is 6.45. The summed E-state index contributed by atoms with van der Waals surface area (Å²) >= 11 is 0. The van der Waals surface area contributed by atoms with Crippen molar-refractivity contribution < 1.29 is 49.5 Å². The molecule has 0 bridgehead atoms. The van der Waals surface area contributed by atoms with Crippen LogP contribution in [0.15, 0.2) is 77.6 Å². The fourth-order valence-corrected chi connectivity index (χ4v) is 3.65. The quantitative estimate of drug-likeness (QED) is 0.230. The summed E-state index contributed by atoms with van der Waals surface area (Å²) < 4.78 is 106. The Labute approximate surface area is 219 Å². The maximum absolute atomic E-state index is 14.1. The highest BCUT2D eigenvalue weighted by atomic mass is 19.4. The zero-order chi connectivity index (χ0) is 29.2. The number of carboxylic acid groups (broad SMARTS) is 1. The van der Waals surface area contributed by atoms with Gasteiger partial charge in [-0.2, -0.15) is 26.3 Å². The van der Waals surface area contributed by atoms with Crippen LogP contribution in [-0.2, 0) is 17.5 Å². The first-order valence-electron chi connectivity index (χ1n) is 11.1. The number of aromatic nitrogens is 3. The molecule has 2 aliphatic rings. The summed E-state index contributed by atoms with van der Waals surface area (Å²) in [7, 11) is 0. The molecule has 0 atom stereocenters. The Hall–Kier alpha value is -4.75. The van der Waals surface area contributed by atoms with Gasteiger partial charge < -0.3 is 14.2 Å². The molecule has 3 aromatic rings. The monoisotopic (exact) mass is 569 g/mol. The van der Waals surface area contributed by atoms with E-state index in [2.05, 4.69) is 10.1 Å². The number of pyridine rings is 1. The van der Waals surface area contributed by atoms with Gasteiger partial charge in [0.1, 0.15) is 17.3 Å². The van der Waals surface area contributed by atoms with Gasteiger partial charge in [-0.3, -0.25) is 0 Å². The third-order valence-corrected chi connectivity index (χ3v) is 5.41. The molecule has 40 heavy (non-hydrogen) atoms. The molecule has 3 heterocycles. The van der Waals surface area contributed by atoms with Gasteiger partial charge in [0.05, 0.1) is 23.5 Å². The van der Waals surface area contributed by atoms with Crippen molar-refractivity contribution in [3.63, 3.8) is 0 Å². The van der Waals surface area contributed by atoms with Crippen molar-refractivity contribution in [2.75, 3.05) is 0 Å². The lowest BCUT2D eigenvalue weighted by Gasteiger charge is -2.10. The maximum atomic E-state index is 14.1. The summed E-state index contributed by atoms with van der Waals surface area (Å²) in [6.45, 7) is 0.186. The molecular formula is C26H15F8N3O3. The second kappa shape index (κ2) is 10.8. The van der Waals surface area contributed by atoms with Crippen molar-refractivity contribution >= 4 is 5.97 Å². The predicted octanol–water partition coefficient (Wildman–Crippen LogP) is 7.29. The summed E-state index contributed by atoms with van der Waals surface area (Å²) in [6.07, 6.45) is -6.33. The third-order valence-electron chi connectivity index (χ3n) is 5.41. The largest absolute Gasteiger partial charge is 0.490 e. The molecule has 0 saturated carbocycles. The Bertz CT molecular complexity index is 1620. The minimum absolute atomic E-state index is 0.0455. The number of rotatable bonds is 4. The summed E-state index contributed by atoms with van der Waals surface area (Å²) in [5, 5.41) is 10.9. The highest BCUT2D eigenvalue weighted by molar-refractivity contribution is 5.73. The van der Waals surface area contributed by atoms with E-state index in [0.29, 0.717) is 28.8 Å². The van der Waals surface area contributed by atoms with E-state index in [4.69, 9.17) is 14.4 Å². The number of fused-ring (bicyclic) bond motifs is 1. The van der Waals surface area contributed by atoms with Gasteiger partial charge in [0.15, 0.2) is 5.76 Å². The molecule has 2 aromatic carbocycles. The zero-order valence-electron chi connectivity index (χ0n) is 19.8. The lowest BCUT2D eigenvalue weighted by Crippen LogP contribution is -2.21. The predicted molar refractivity (Wildman–Crippen MR) is 124 cm³/mol. The maximum Gasteiger partial charge on any atom is 0.490 e. The van der Waals surface area contributed by atoms with Crippen molar-refractivity contribution in [2.24, 2.45) is 0 Å². The van der Waals surface area contributed by atoms with Gasteiger partial charge in [0.2, 0.25) is 0 Å². The Morgan fingerprint density at radius 3 is 2.23 bits per heavy atom. The number of aliphatic carboxylic acids is 1. The van der Waals surface area contributed by atoms with Crippen LogP contribution in [0.2, 0.25) is 0 Å². The molecule has 1 aromatic heterocycles. The molecule has 5 rings (SSSR count). The molecule has 1 N–H and O–H groups in total. The Morgan fingerprint density at radius 2 is 1.57 bits per heavy atom. The number of carbonyl (C=O) groups is 1.